The molecule has 0 aliphatic rings. The third-order valence-corrected chi connectivity index (χ3v) is 4.96. The van der Waals surface area contributed by atoms with Crippen molar-refractivity contribution in [3.05, 3.63) is 34.3 Å². The second-order valence-corrected chi connectivity index (χ2v) is 8.07. The standard InChI is InChI=1S/C15H23BrN2O3S/c1-3-4-9-18(22(2,20)21)10-8-17-15(19)12-13-6-5-7-14(16)11-13/h5-7,11H,3-4,8-10,12H2,1-2H3,(H,17,19). The van der Waals surface area contributed by atoms with Crippen molar-refractivity contribution in [2.75, 3.05) is 25.9 Å². The Hall–Kier alpha value is -0.920. The van der Waals surface area contributed by atoms with Crippen molar-refractivity contribution in [1.29, 1.82) is 0 Å². The number of hydrogen-bond donors (Lipinski definition) is 1. The van der Waals surface area contributed by atoms with Crippen LogP contribution in [0.2, 0.25) is 0 Å². The van der Waals surface area contributed by atoms with Crippen LogP contribution in [0.1, 0.15) is 25.3 Å². The molecule has 0 aromatic heterocycles. The molecule has 1 aromatic rings. The first-order chi connectivity index (χ1) is 10.3. The van der Waals surface area contributed by atoms with Crippen LogP contribution in [0.15, 0.2) is 28.7 Å². The third-order valence-electron chi connectivity index (χ3n) is 3.17. The van der Waals surface area contributed by atoms with Crippen LogP contribution < -0.4 is 5.32 Å². The minimum absolute atomic E-state index is 0.109. The van der Waals surface area contributed by atoms with E-state index in [-0.39, 0.29) is 12.3 Å². The Kier molecular flexibility index (Phi) is 8.06. The Morgan fingerprint density at radius 2 is 2.05 bits per heavy atom. The molecule has 0 fully saturated rings. The topological polar surface area (TPSA) is 66.5 Å². The second-order valence-electron chi connectivity index (χ2n) is 5.17. The predicted molar refractivity (Wildman–Crippen MR) is 92.2 cm³/mol. The van der Waals surface area contributed by atoms with Gasteiger partial charge in [0.1, 0.15) is 0 Å². The predicted octanol–water partition coefficient (Wildman–Crippen LogP) is 2.17. The number of hydrogen-bond acceptors (Lipinski definition) is 3. The van der Waals surface area contributed by atoms with Crippen LogP contribution in [0.25, 0.3) is 0 Å². The maximum Gasteiger partial charge on any atom is 0.224 e. The first kappa shape index (κ1) is 19.1. The molecule has 7 heteroatoms. The summed E-state index contributed by atoms with van der Waals surface area (Å²) in [5.41, 5.74) is 0.915. The van der Waals surface area contributed by atoms with Crippen LogP contribution in [0, 0.1) is 0 Å². The van der Waals surface area contributed by atoms with E-state index in [0.717, 1.165) is 22.9 Å². The number of rotatable bonds is 9. The van der Waals surface area contributed by atoms with Gasteiger partial charge in [0.05, 0.1) is 12.7 Å². The molecule has 0 bridgehead atoms. The molecule has 22 heavy (non-hydrogen) atoms. The number of nitrogens with zero attached hydrogens (tertiary/aromatic N) is 1. The number of unbranched alkanes of at least 4 members (excludes halogenated alkanes) is 1. The van der Waals surface area contributed by atoms with Gasteiger partial charge in [0.2, 0.25) is 15.9 Å². The van der Waals surface area contributed by atoms with Crippen molar-refractivity contribution >= 4 is 31.9 Å². The highest BCUT2D eigenvalue weighted by atomic mass is 79.9. The van der Waals surface area contributed by atoms with Gasteiger partial charge in [0, 0.05) is 24.1 Å². The maximum atomic E-state index is 11.9. The average Bonchev–Trinajstić information content (AvgIpc) is 2.41. The molecule has 5 nitrogen and oxygen atoms in total. The molecule has 0 atom stereocenters. The molecule has 0 unspecified atom stereocenters. The molecular formula is C15H23BrN2O3S. The average molecular weight is 391 g/mol. The fourth-order valence-corrected chi connectivity index (χ4v) is 3.32. The molecule has 1 N–H and O–H groups in total. The van der Waals surface area contributed by atoms with Gasteiger partial charge in [-0.15, -0.1) is 0 Å². The van der Waals surface area contributed by atoms with Gasteiger partial charge in [-0.3, -0.25) is 4.79 Å². The van der Waals surface area contributed by atoms with Crippen LogP contribution in [0.3, 0.4) is 0 Å². The lowest BCUT2D eigenvalue weighted by Gasteiger charge is -2.19. The fraction of sp³-hybridized carbons (Fsp3) is 0.533. The molecule has 0 saturated carbocycles. The molecule has 1 aromatic carbocycles. The van der Waals surface area contributed by atoms with E-state index in [1.165, 1.54) is 10.6 Å². The molecule has 1 amide bonds. The maximum absolute atomic E-state index is 11.9. The van der Waals surface area contributed by atoms with Gasteiger partial charge in [-0.05, 0) is 24.1 Å². The monoisotopic (exact) mass is 390 g/mol. The van der Waals surface area contributed by atoms with Gasteiger partial charge >= 0.3 is 0 Å². The summed E-state index contributed by atoms with van der Waals surface area (Å²) in [4.78, 5) is 11.9. The SMILES string of the molecule is CCCCN(CCNC(=O)Cc1cccc(Br)c1)S(C)(=O)=O. The highest BCUT2D eigenvalue weighted by molar-refractivity contribution is 9.10. The van der Waals surface area contributed by atoms with E-state index in [0.29, 0.717) is 19.6 Å². The summed E-state index contributed by atoms with van der Waals surface area (Å²) < 4.78 is 25.6. The molecule has 0 radical (unpaired) electrons. The summed E-state index contributed by atoms with van der Waals surface area (Å²) in [6, 6.07) is 7.56. The van der Waals surface area contributed by atoms with Crippen LogP contribution in [0.5, 0.6) is 0 Å². The third kappa shape index (κ3) is 7.38. The summed E-state index contributed by atoms with van der Waals surface area (Å²) in [6.07, 6.45) is 3.24. The Labute approximate surface area is 141 Å². The van der Waals surface area contributed by atoms with E-state index >= 15 is 0 Å². The zero-order valence-corrected chi connectivity index (χ0v) is 15.4. The molecule has 0 aliphatic carbocycles. The van der Waals surface area contributed by atoms with E-state index in [1.807, 2.05) is 31.2 Å². The zero-order valence-electron chi connectivity index (χ0n) is 13.0. The summed E-state index contributed by atoms with van der Waals surface area (Å²) in [5, 5.41) is 2.77. The van der Waals surface area contributed by atoms with Gasteiger partial charge in [0.15, 0.2) is 0 Å². The Bertz CT molecular complexity index is 590. The normalized spacial score (nSPS) is 11.6. The molecule has 0 spiro atoms. The Morgan fingerprint density at radius 1 is 1.32 bits per heavy atom. The summed E-state index contributed by atoms with van der Waals surface area (Å²) in [6.45, 7) is 3.14. The van der Waals surface area contributed by atoms with Crippen molar-refractivity contribution in [3.63, 3.8) is 0 Å². The second kappa shape index (κ2) is 9.27. The largest absolute Gasteiger partial charge is 0.354 e. The van der Waals surface area contributed by atoms with Gasteiger partial charge in [0.25, 0.3) is 0 Å². The molecule has 0 saturated heterocycles. The zero-order chi connectivity index (χ0) is 16.6. The number of halogens is 1. The number of benzene rings is 1. The van der Waals surface area contributed by atoms with Gasteiger partial charge in [-0.2, -0.15) is 0 Å². The summed E-state index contributed by atoms with van der Waals surface area (Å²) in [5.74, 6) is -0.109. The minimum Gasteiger partial charge on any atom is -0.354 e. The van der Waals surface area contributed by atoms with Crippen LogP contribution in [-0.4, -0.2) is 44.5 Å². The van der Waals surface area contributed by atoms with E-state index in [2.05, 4.69) is 21.2 Å². The number of carbonyl (C=O) groups is 1. The van der Waals surface area contributed by atoms with Crippen molar-refractivity contribution < 1.29 is 13.2 Å². The number of carbonyl (C=O) groups excluding carboxylic acids is 1. The molecular weight excluding hydrogens is 368 g/mol. The molecule has 124 valence electrons. The Balaban J connectivity index is 2.42. The molecule has 0 aliphatic heterocycles. The number of nitrogens with one attached hydrogen (secondary N) is 1. The lowest BCUT2D eigenvalue weighted by Crippen LogP contribution is -2.39. The van der Waals surface area contributed by atoms with Gasteiger partial charge in [-0.1, -0.05) is 41.4 Å². The first-order valence-corrected chi connectivity index (χ1v) is 9.93. The van der Waals surface area contributed by atoms with Crippen LogP contribution in [-0.2, 0) is 21.2 Å². The smallest absolute Gasteiger partial charge is 0.224 e. The summed E-state index contributed by atoms with van der Waals surface area (Å²) in [7, 11) is -3.22. The highest BCUT2D eigenvalue weighted by Crippen LogP contribution is 2.11. The highest BCUT2D eigenvalue weighted by Gasteiger charge is 2.15. The van der Waals surface area contributed by atoms with E-state index in [4.69, 9.17) is 0 Å². The van der Waals surface area contributed by atoms with E-state index in [1.54, 1.807) is 0 Å². The lowest BCUT2D eigenvalue weighted by molar-refractivity contribution is -0.120. The quantitative estimate of drug-likeness (QED) is 0.702. The van der Waals surface area contributed by atoms with Crippen molar-refractivity contribution in [2.45, 2.75) is 26.2 Å². The van der Waals surface area contributed by atoms with Crippen LogP contribution >= 0.6 is 15.9 Å². The molecule has 0 heterocycles. The van der Waals surface area contributed by atoms with E-state index < -0.39 is 10.0 Å². The molecule has 1 rings (SSSR count). The summed E-state index contributed by atoms with van der Waals surface area (Å²) >= 11 is 3.36. The Morgan fingerprint density at radius 3 is 2.64 bits per heavy atom. The van der Waals surface area contributed by atoms with Crippen molar-refractivity contribution in [3.8, 4) is 0 Å². The number of amides is 1. The van der Waals surface area contributed by atoms with Gasteiger partial charge in [-0.25, -0.2) is 12.7 Å². The van der Waals surface area contributed by atoms with Crippen LogP contribution in [0.4, 0.5) is 0 Å². The van der Waals surface area contributed by atoms with Gasteiger partial charge < -0.3 is 5.32 Å². The lowest BCUT2D eigenvalue weighted by atomic mass is 10.1. The fourth-order valence-electron chi connectivity index (χ4n) is 1.99. The van der Waals surface area contributed by atoms with E-state index in [9.17, 15) is 13.2 Å². The van der Waals surface area contributed by atoms with Crippen molar-refractivity contribution in [1.82, 2.24) is 9.62 Å². The first-order valence-electron chi connectivity index (χ1n) is 7.29. The number of sulfonamides is 1. The van der Waals surface area contributed by atoms with Crippen molar-refractivity contribution in [2.24, 2.45) is 0 Å². The minimum atomic E-state index is -3.22.